The van der Waals surface area contributed by atoms with Crippen LogP contribution in [-0.4, -0.2) is 14.3 Å². The Morgan fingerprint density at radius 1 is 1.14 bits per heavy atom. The van der Waals surface area contributed by atoms with Crippen LogP contribution >= 0.6 is 11.6 Å². The van der Waals surface area contributed by atoms with E-state index in [4.69, 9.17) is 11.6 Å². The van der Waals surface area contributed by atoms with Crippen molar-refractivity contribution in [2.45, 2.75) is 11.8 Å². The Morgan fingerprint density at radius 3 is 2.32 bits per heavy atom. The van der Waals surface area contributed by atoms with E-state index in [9.17, 15) is 17.6 Å². The van der Waals surface area contributed by atoms with Gasteiger partial charge in [0.2, 0.25) is 5.91 Å². The minimum Gasteiger partial charge on any atom is -0.326 e. The molecule has 1 amide bonds. The Kier molecular flexibility index (Phi) is 4.68. The zero-order valence-electron chi connectivity index (χ0n) is 11.4. The van der Waals surface area contributed by atoms with E-state index in [0.717, 1.165) is 12.1 Å². The summed E-state index contributed by atoms with van der Waals surface area (Å²) in [4.78, 5) is 10.9. The van der Waals surface area contributed by atoms with Gasteiger partial charge in [-0.1, -0.05) is 11.6 Å². The van der Waals surface area contributed by atoms with Crippen LogP contribution < -0.4 is 10.0 Å². The number of sulfonamides is 1. The summed E-state index contributed by atoms with van der Waals surface area (Å²) in [5, 5.41) is 2.49. The molecule has 2 aromatic rings. The second kappa shape index (κ2) is 6.33. The average Bonchev–Trinajstić information content (AvgIpc) is 2.42. The molecule has 0 unspecified atom stereocenters. The van der Waals surface area contributed by atoms with E-state index >= 15 is 0 Å². The third-order valence-corrected chi connectivity index (χ3v) is 4.35. The quantitative estimate of drug-likeness (QED) is 0.895. The molecule has 0 spiro atoms. The van der Waals surface area contributed by atoms with Crippen LogP contribution in [0.1, 0.15) is 6.92 Å². The normalized spacial score (nSPS) is 11.0. The van der Waals surface area contributed by atoms with Crippen LogP contribution in [-0.2, 0) is 14.8 Å². The van der Waals surface area contributed by atoms with E-state index in [1.54, 1.807) is 0 Å². The lowest BCUT2D eigenvalue weighted by atomic mass is 10.3. The topological polar surface area (TPSA) is 75.3 Å². The van der Waals surface area contributed by atoms with Gasteiger partial charge in [0.05, 0.1) is 15.6 Å². The predicted octanol–water partition coefficient (Wildman–Crippen LogP) is 3.24. The second-order valence-electron chi connectivity index (χ2n) is 4.44. The summed E-state index contributed by atoms with van der Waals surface area (Å²) in [5.74, 6) is -0.820. The fraction of sp³-hybridized carbons (Fsp3) is 0.0714. The molecule has 0 aliphatic rings. The molecule has 0 bridgehead atoms. The summed E-state index contributed by atoms with van der Waals surface area (Å²) >= 11 is 5.79. The number of amides is 1. The van der Waals surface area contributed by atoms with Crippen LogP contribution in [0.5, 0.6) is 0 Å². The van der Waals surface area contributed by atoms with Crippen LogP contribution in [0.2, 0.25) is 5.02 Å². The smallest absolute Gasteiger partial charge is 0.261 e. The molecule has 22 heavy (non-hydrogen) atoms. The lowest BCUT2D eigenvalue weighted by molar-refractivity contribution is -0.114. The van der Waals surface area contributed by atoms with Gasteiger partial charge in [-0.3, -0.25) is 9.52 Å². The highest BCUT2D eigenvalue weighted by Gasteiger charge is 2.16. The maximum atomic E-state index is 13.0. The summed E-state index contributed by atoms with van der Waals surface area (Å²) in [6.45, 7) is 1.35. The molecule has 0 aliphatic heterocycles. The Hall–Kier alpha value is -2.12. The lowest BCUT2D eigenvalue weighted by Crippen LogP contribution is -2.13. The van der Waals surface area contributed by atoms with Gasteiger partial charge in [0, 0.05) is 12.6 Å². The minimum atomic E-state index is -3.86. The number of hydrogen-bond acceptors (Lipinski definition) is 3. The first-order valence-corrected chi connectivity index (χ1v) is 7.99. The Balaban J connectivity index is 2.24. The number of nitrogens with one attached hydrogen (secondary N) is 2. The number of benzene rings is 2. The zero-order valence-corrected chi connectivity index (χ0v) is 13.0. The van der Waals surface area contributed by atoms with E-state index in [1.807, 2.05) is 0 Å². The van der Waals surface area contributed by atoms with Crippen LogP contribution in [0.15, 0.2) is 47.4 Å². The summed E-state index contributed by atoms with van der Waals surface area (Å²) in [7, 11) is -3.86. The molecule has 0 heterocycles. The molecule has 0 saturated heterocycles. The Labute approximate surface area is 132 Å². The van der Waals surface area contributed by atoms with Crippen LogP contribution in [0.4, 0.5) is 15.8 Å². The highest BCUT2D eigenvalue weighted by atomic mass is 35.5. The molecule has 0 saturated carbocycles. The van der Waals surface area contributed by atoms with Gasteiger partial charge in [-0.15, -0.1) is 0 Å². The first-order chi connectivity index (χ1) is 10.3. The largest absolute Gasteiger partial charge is 0.326 e. The standard InChI is InChI=1S/C14H12ClFN2O3S/c1-9(19)17-11-3-5-12(6-4-11)22(20,21)18-14-7-2-10(16)8-13(14)15/h2-8,18H,1H3,(H,17,19). The van der Waals surface area contributed by atoms with Crippen molar-refractivity contribution in [2.75, 3.05) is 10.0 Å². The van der Waals surface area contributed by atoms with Crippen molar-refractivity contribution in [3.63, 3.8) is 0 Å². The number of halogens is 2. The SMILES string of the molecule is CC(=O)Nc1ccc(S(=O)(=O)Nc2ccc(F)cc2Cl)cc1. The van der Waals surface area contributed by atoms with E-state index in [0.29, 0.717) is 5.69 Å². The van der Waals surface area contributed by atoms with Gasteiger partial charge >= 0.3 is 0 Å². The number of carbonyl (C=O) groups is 1. The Bertz CT molecular complexity index is 807. The summed E-state index contributed by atoms with van der Waals surface area (Å²) in [6.07, 6.45) is 0. The molecule has 0 radical (unpaired) electrons. The zero-order chi connectivity index (χ0) is 16.3. The fourth-order valence-corrected chi connectivity index (χ4v) is 3.05. The second-order valence-corrected chi connectivity index (χ2v) is 6.52. The van der Waals surface area contributed by atoms with Crippen molar-refractivity contribution < 1.29 is 17.6 Å². The van der Waals surface area contributed by atoms with E-state index in [1.165, 1.54) is 37.3 Å². The highest BCUT2D eigenvalue weighted by Crippen LogP contribution is 2.25. The van der Waals surface area contributed by atoms with Crippen molar-refractivity contribution in [3.05, 3.63) is 53.3 Å². The molecule has 0 fully saturated rings. The molecule has 0 atom stereocenters. The molecule has 0 aromatic heterocycles. The molecule has 0 aliphatic carbocycles. The molecule has 8 heteroatoms. The van der Waals surface area contributed by atoms with Gasteiger partial charge in [0.15, 0.2) is 0 Å². The number of rotatable bonds is 4. The molecule has 2 N–H and O–H groups in total. The maximum absolute atomic E-state index is 13.0. The lowest BCUT2D eigenvalue weighted by Gasteiger charge is -2.10. The fourth-order valence-electron chi connectivity index (χ4n) is 1.70. The average molecular weight is 343 g/mol. The maximum Gasteiger partial charge on any atom is 0.261 e. The van der Waals surface area contributed by atoms with Crippen molar-refractivity contribution >= 4 is 38.9 Å². The van der Waals surface area contributed by atoms with Gasteiger partial charge in [-0.25, -0.2) is 12.8 Å². The molecular weight excluding hydrogens is 331 g/mol. The van der Waals surface area contributed by atoms with E-state index in [-0.39, 0.29) is 21.5 Å². The van der Waals surface area contributed by atoms with Crippen LogP contribution in [0, 0.1) is 5.82 Å². The van der Waals surface area contributed by atoms with Crippen molar-refractivity contribution in [2.24, 2.45) is 0 Å². The first kappa shape index (κ1) is 16.3. The van der Waals surface area contributed by atoms with Gasteiger partial charge in [0.1, 0.15) is 5.82 Å². The number of anilines is 2. The van der Waals surface area contributed by atoms with Crippen LogP contribution in [0.3, 0.4) is 0 Å². The highest BCUT2D eigenvalue weighted by molar-refractivity contribution is 7.92. The number of hydrogen-bond donors (Lipinski definition) is 2. The summed E-state index contributed by atoms with van der Waals surface area (Å²) < 4.78 is 39.7. The third kappa shape index (κ3) is 3.96. The monoisotopic (exact) mass is 342 g/mol. The van der Waals surface area contributed by atoms with E-state index in [2.05, 4.69) is 10.0 Å². The van der Waals surface area contributed by atoms with Crippen LogP contribution in [0.25, 0.3) is 0 Å². The molecule has 116 valence electrons. The number of carbonyl (C=O) groups excluding carboxylic acids is 1. The predicted molar refractivity (Wildman–Crippen MR) is 83.0 cm³/mol. The van der Waals surface area contributed by atoms with Gasteiger partial charge in [-0.05, 0) is 42.5 Å². The molecular formula is C14H12ClFN2O3S. The van der Waals surface area contributed by atoms with E-state index < -0.39 is 15.8 Å². The van der Waals surface area contributed by atoms with Gasteiger partial charge < -0.3 is 5.32 Å². The molecule has 5 nitrogen and oxygen atoms in total. The van der Waals surface area contributed by atoms with Gasteiger partial charge in [-0.2, -0.15) is 0 Å². The summed E-state index contributed by atoms with van der Waals surface area (Å²) in [5.41, 5.74) is 0.556. The summed E-state index contributed by atoms with van der Waals surface area (Å²) in [6, 6.07) is 8.95. The third-order valence-electron chi connectivity index (χ3n) is 2.66. The Morgan fingerprint density at radius 2 is 1.77 bits per heavy atom. The van der Waals surface area contributed by atoms with Gasteiger partial charge in [0.25, 0.3) is 10.0 Å². The van der Waals surface area contributed by atoms with Crippen molar-refractivity contribution in [1.29, 1.82) is 0 Å². The van der Waals surface area contributed by atoms with Crippen molar-refractivity contribution in [1.82, 2.24) is 0 Å². The first-order valence-electron chi connectivity index (χ1n) is 6.13. The minimum absolute atomic E-state index is 0.0120. The van der Waals surface area contributed by atoms with Crippen molar-refractivity contribution in [3.8, 4) is 0 Å². The molecule has 2 aromatic carbocycles. The molecule has 2 rings (SSSR count).